The van der Waals surface area contributed by atoms with Gasteiger partial charge in [0.15, 0.2) is 0 Å². The molecule has 2 heterocycles. The van der Waals surface area contributed by atoms with Gasteiger partial charge in [0.2, 0.25) is 0 Å². The van der Waals surface area contributed by atoms with Crippen LogP contribution in [0.25, 0.3) is 9.88 Å². The molecule has 1 amide bonds. The molecule has 22 heavy (non-hydrogen) atoms. The van der Waals surface area contributed by atoms with E-state index < -0.39 is 0 Å². The first kappa shape index (κ1) is 15.7. The number of carbonyl (C=O) groups is 1. The molecule has 5 heteroatoms. The molecule has 0 unspecified atom stereocenters. The Hall–Kier alpha value is -1.20. The summed E-state index contributed by atoms with van der Waals surface area (Å²) in [5.41, 5.74) is 0.868. The second kappa shape index (κ2) is 6.92. The first-order valence-corrected chi connectivity index (χ1v) is 9.72. The number of amides is 1. The number of nitrogens with zero attached hydrogens (tertiary/aromatic N) is 2. The molecule has 0 bridgehead atoms. The van der Waals surface area contributed by atoms with Gasteiger partial charge >= 0.3 is 0 Å². The van der Waals surface area contributed by atoms with Crippen LogP contribution in [-0.4, -0.2) is 28.4 Å². The monoisotopic (exact) mass is 334 g/mol. The van der Waals surface area contributed by atoms with Crippen LogP contribution < -0.4 is 0 Å². The zero-order chi connectivity index (χ0) is 15.5. The Morgan fingerprint density at radius 1 is 1.36 bits per heavy atom. The number of carbonyl (C=O) groups excluding carboxylic acids is 1. The zero-order valence-corrected chi connectivity index (χ0v) is 14.8. The lowest BCUT2D eigenvalue weighted by Gasteiger charge is -2.33. The molecule has 2 aromatic rings. The maximum absolute atomic E-state index is 13.0. The van der Waals surface area contributed by atoms with Crippen LogP contribution in [0, 0.1) is 6.92 Å². The van der Waals surface area contributed by atoms with Gasteiger partial charge in [0.05, 0.1) is 10.6 Å². The molecule has 3 rings (SSSR count). The third-order valence-electron chi connectivity index (χ3n) is 4.34. The van der Waals surface area contributed by atoms with Crippen molar-refractivity contribution in [1.29, 1.82) is 0 Å². The Morgan fingerprint density at radius 3 is 2.77 bits per heavy atom. The van der Waals surface area contributed by atoms with E-state index in [1.807, 2.05) is 18.4 Å². The summed E-state index contributed by atoms with van der Waals surface area (Å²) in [5.74, 6) is 0.173. The molecule has 0 aliphatic heterocycles. The Bertz CT molecular complexity index is 627. The van der Waals surface area contributed by atoms with Crippen LogP contribution in [0.1, 0.15) is 54.4 Å². The van der Waals surface area contributed by atoms with Gasteiger partial charge < -0.3 is 4.90 Å². The molecule has 3 nitrogen and oxygen atoms in total. The maximum Gasteiger partial charge on any atom is 0.266 e. The van der Waals surface area contributed by atoms with Crippen molar-refractivity contribution in [2.24, 2.45) is 0 Å². The highest BCUT2D eigenvalue weighted by atomic mass is 32.1. The number of thiophene rings is 1. The van der Waals surface area contributed by atoms with Gasteiger partial charge in [-0.05, 0) is 38.1 Å². The maximum atomic E-state index is 13.0. The van der Waals surface area contributed by atoms with Gasteiger partial charge in [-0.25, -0.2) is 4.98 Å². The summed E-state index contributed by atoms with van der Waals surface area (Å²) >= 11 is 3.22. The number of hydrogen-bond donors (Lipinski definition) is 0. The zero-order valence-electron chi connectivity index (χ0n) is 13.2. The number of hydrogen-bond acceptors (Lipinski definition) is 4. The number of aryl methyl sites for hydroxylation is 1. The van der Waals surface area contributed by atoms with Crippen molar-refractivity contribution in [3.63, 3.8) is 0 Å². The van der Waals surface area contributed by atoms with Crippen LogP contribution in [-0.2, 0) is 0 Å². The highest BCUT2D eigenvalue weighted by Gasteiger charge is 2.27. The predicted molar refractivity (Wildman–Crippen MR) is 93.7 cm³/mol. The highest BCUT2D eigenvalue weighted by Crippen LogP contribution is 2.33. The molecule has 0 aromatic carbocycles. The molecular formula is C17H22N2OS2. The van der Waals surface area contributed by atoms with Crippen LogP contribution in [0.4, 0.5) is 0 Å². The van der Waals surface area contributed by atoms with E-state index >= 15 is 0 Å². The summed E-state index contributed by atoms with van der Waals surface area (Å²) in [6.07, 6.45) is 6.10. The first-order chi connectivity index (χ1) is 10.7. The Labute approximate surface area is 140 Å². The second-order valence-electron chi connectivity index (χ2n) is 5.79. The molecular weight excluding hydrogens is 312 g/mol. The number of aromatic nitrogens is 1. The van der Waals surface area contributed by atoms with Gasteiger partial charge in [0.25, 0.3) is 5.91 Å². The lowest BCUT2D eigenvalue weighted by molar-refractivity contribution is 0.0652. The minimum atomic E-state index is 0.173. The van der Waals surface area contributed by atoms with E-state index in [2.05, 4.69) is 22.9 Å². The Morgan fingerprint density at radius 2 is 2.14 bits per heavy atom. The summed E-state index contributed by atoms with van der Waals surface area (Å²) in [6, 6.07) is 4.51. The average molecular weight is 335 g/mol. The highest BCUT2D eigenvalue weighted by molar-refractivity contribution is 7.22. The molecule has 0 N–H and O–H groups in total. The summed E-state index contributed by atoms with van der Waals surface area (Å²) in [5, 5.41) is 3.02. The Kier molecular flexibility index (Phi) is 4.93. The van der Waals surface area contributed by atoms with E-state index in [9.17, 15) is 4.79 Å². The molecule has 1 fully saturated rings. The quantitative estimate of drug-likeness (QED) is 0.790. The normalized spacial score (nSPS) is 15.9. The van der Waals surface area contributed by atoms with Crippen LogP contribution in [0.15, 0.2) is 17.5 Å². The number of rotatable bonds is 4. The summed E-state index contributed by atoms with van der Waals surface area (Å²) in [7, 11) is 0. The van der Waals surface area contributed by atoms with Gasteiger partial charge in [0.1, 0.15) is 9.88 Å². The van der Waals surface area contributed by atoms with Gasteiger partial charge in [-0.3, -0.25) is 4.79 Å². The van der Waals surface area contributed by atoms with Gasteiger partial charge in [-0.2, -0.15) is 0 Å². The third kappa shape index (κ3) is 3.10. The van der Waals surface area contributed by atoms with Crippen molar-refractivity contribution in [1.82, 2.24) is 9.88 Å². The van der Waals surface area contributed by atoms with Crippen LogP contribution in [0.5, 0.6) is 0 Å². The third-order valence-corrected chi connectivity index (χ3v) is 6.52. The van der Waals surface area contributed by atoms with E-state index in [1.54, 1.807) is 22.7 Å². The molecule has 118 valence electrons. The summed E-state index contributed by atoms with van der Waals surface area (Å²) in [4.78, 5) is 21.6. The van der Waals surface area contributed by atoms with E-state index in [0.29, 0.717) is 6.04 Å². The first-order valence-electron chi connectivity index (χ1n) is 8.03. The van der Waals surface area contributed by atoms with E-state index in [1.165, 1.54) is 19.3 Å². The molecule has 0 radical (unpaired) electrons. The standard InChI is InChI=1S/C17H22N2OS2/c1-3-19(13-8-5-4-6-9-13)17(20)15-12(2)18-16(22-15)14-10-7-11-21-14/h7,10-11,13H,3-6,8-9H2,1-2H3. The van der Waals surface area contributed by atoms with Crippen LogP contribution >= 0.6 is 22.7 Å². The SMILES string of the molecule is CCN(C(=O)c1sc(-c2cccs2)nc1C)C1CCCCC1. The largest absolute Gasteiger partial charge is 0.335 e. The minimum absolute atomic E-state index is 0.173. The van der Waals surface area contributed by atoms with Crippen molar-refractivity contribution >= 4 is 28.6 Å². The van der Waals surface area contributed by atoms with Crippen molar-refractivity contribution < 1.29 is 4.79 Å². The summed E-state index contributed by atoms with van der Waals surface area (Å²) < 4.78 is 0. The van der Waals surface area contributed by atoms with Crippen molar-refractivity contribution in [3.05, 3.63) is 28.1 Å². The second-order valence-corrected chi connectivity index (χ2v) is 7.74. The van der Waals surface area contributed by atoms with Crippen LogP contribution in [0.3, 0.4) is 0 Å². The fraction of sp³-hybridized carbons (Fsp3) is 0.529. The molecule has 1 aliphatic rings. The fourth-order valence-corrected chi connectivity index (χ4v) is 5.01. The molecule has 0 spiro atoms. The van der Waals surface area contributed by atoms with E-state index in [0.717, 1.165) is 39.8 Å². The van der Waals surface area contributed by atoms with Gasteiger partial charge in [-0.15, -0.1) is 22.7 Å². The molecule has 0 atom stereocenters. The van der Waals surface area contributed by atoms with E-state index in [4.69, 9.17) is 0 Å². The fourth-order valence-electron chi connectivity index (χ4n) is 3.19. The van der Waals surface area contributed by atoms with Gasteiger partial charge in [-0.1, -0.05) is 25.3 Å². The van der Waals surface area contributed by atoms with Crippen molar-refractivity contribution in [3.8, 4) is 9.88 Å². The minimum Gasteiger partial charge on any atom is -0.335 e. The molecule has 0 saturated heterocycles. The average Bonchev–Trinajstić information content (AvgIpc) is 3.18. The number of thiazole rings is 1. The molecule has 2 aromatic heterocycles. The predicted octanol–water partition coefficient (Wildman–Crippen LogP) is 4.97. The summed E-state index contributed by atoms with van der Waals surface area (Å²) in [6.45, 7) is 4.83. The van der Waals surface area contributed by atoms with Crippen LogP contribution in [0.2, 0.25) is 0 Å². The Balaban J connectivity index is 1.84. The van der Waals surface area contributed by atoms with Gasteiger partial charge in [0, 0.05) is 12.6 Å². The molecule has 1 saturated carbocycles. The lowest BCUT2D eigenvalue weighted by atomic mass is 9.94. The van der Waals surface area contributed by atoms with Crippen molar-refractivity contribution in [2.75, 3.05) is 6.54 Å². The van der Waals surface area contributed by atoms with Crippen molar-refractivity contribution in [2.45, 2.75) is 52.0 Å². The molecule has 1 aliphatic carbocycles. The smallest absolute Gasteiger partial charge is 0.266 e. The lowest BCUT2D eigenvalue weighted by Crippen LogP contribution is -2.41. The topological polar surface area (TPSA) is 33.2 Å². The van der Waals surface area contributed by atoms with E-state index in [-0.39, 0.29) is 5.91 Å².